The summed E-state index contributed by atoms with van der Waals surface area (Å²) >= 11 is 0. The van der Waals surface area contributed by atoms with E-state index in [-0.39, 0.29) is 0 Å². The number of hydrogen-bond donors (Lipinski definition) is 0. The predicted octanol–water partition coefficient (Wildman–Crippen LogP) is 14.5. The van der Waals surface area contributed by atoms with Crippen LogP contribution in [0.15, 0.2) is 191 Å². The topological polar surface area (TPSA) is 26.3 Å². The van der Waals surface area contributed by atoms with Crippen molar-refractivity contribution in [1.82, 2.24) is 0 Å². The van der Waals surface area contributed by atoms with Gasteiger partial charge in [-0.05, 0) is 101 Å². The van der Waals surface area contributed by atoms with Crippen molar-refractivity contribution in [3.63, 3.8) is 0 Å². The highest BCUT2D eigenvalue weighted by atomic mass is 16.3. The molecule has 2 aromatic heterocycles. The molecule has 2 nitrogen and oxygen atoms in total. The van der Waals surface area contributed by atoms with Crippen molar-refractivity contribution in [3.05, 3.63) is 182 Å². The zero-order chi connectivity index (χ0) is 34.2. The summed E-state index contributed by atoms with van der Waals surface area (Å²) in [6.45, 7) is 0. The summed E-state index contributed by atoms with van der Waals surface area (Å²) in [4.78, 5) is 0. The van der Waals surface area contributed by atoms with E-state index in [1.807, 2.05) is 6.26 Å². The number of fused-ring (bicyclic) bond motifs is 7. The van der Waals surface area contributed by atoms with Gasteiger partial charge in [0, 0.05) is 21.9 Å². The summed E-state index contributed by atoms with van der Waals surface area (Å²) in [6.07, 6.45) is 3.60. The minimum Gasteiger partial charge on any atom is -0.472 e. The van der Waals surface area contributed by atoms with Crippen LogP contribution in [0.4, 0.5) is 0 Å². The molecule has 0 saturated heterocycles. The second kappa shape index (κ2) is 11.3. The molecule has 0 N–H and O–H groups in total. The molecule has 0 aliphatic carbocycles. The lowest BCUT2D eigenvalue weighted by atomic mass is 9.84. The molecular weight excluding hydrogens is 633 g/mol. The van der Waals surface area contributed by atoms with Gasteiger partial charge in [-0.15, -0.1) is 0 Å². The first-order chi connectivity index (χ1) is 25.8. The summed E-state index contributed by atoms with van der Waals surface area (Å²) in [5.41, 5.74) is 11.3. The molecule has 0 aliphatic rings. The van der Waals surface area contributed by atoms with Crippen LogP contribution in [0.3, 0.4) is 0 Å². The van der Waals surface area contributed by atoms with E-state index in [0.717, 1.165) is 33.1 Å². The third-order valence-electron chi connectivity index (χ3n) is 10.8. The van der Waals surface area contributed by atoms with E-state index in [1.54, 1.807) is 6.26 Å². The summed E-state index contributed by atoms with van der Waals surface area (Å²) in [5.74, 6) is 0. The molecule has 0 saturated carbocycles. The molecule has 9 aromatic carbocycles. The van der Waals surface area contributed by atoms with Crippen molar-refractivity contribution in [3.8, 4) is 44.5 Å². The summed E-state index contributed by atoms with van der Waals surface area (Å²) in [5, 5.41) is 12.0. The number of rotatable bonds is 4. The highest BCUT2D eigenvalue weighted by Gasteiger charge is 2.22. The van der Waals surface area contributed by atoms with E-state index < -0.39 is 0 Å². The van der Waals surface area contributed by atoms with Crippen LogP contribution < -0.4 is 0 Å². The molecule has 0 fully saturated rings. The molecule has 11 aromatic rings. The van der Waals surface area contributed by atoms with Gasteiger partial charge in [-0.1, -0.05) is 146 Å². The van der Waals surface area contributed by atoms with Gasteiger partial charge < -0.3 is 8.83 Å². The SMILES string of the molecule is c1ccc(-c2c3ccccc3c(-c3ccc4oc5cccc(-c6c7ccccc7c(-c7ccoc7)c7ccccc67)c5c4c3)c3ccccc23)cc1. The first-order valence-electron chi connectivity index (χ1n) is 17.7. The average Bonchev–Trinajstić information content (AvgIpc) is 3.88. The van der Waals surface area contributed by atoms with Crippen LogP contribution >= 0.6 is 0 Å². The monoisotopic (exact) mass is 662 g/mol. The highest BCUT2D eigenvalue weighted by molar-refractivity contribution is 6.27. The molecule has 2 heterocycles. The van der Waals surface area contributed by atoms with Crippen molar-refractivity contribution in [2.24, 2.45) is 0 Å². The Labute approximate surface area is 299 Å². The Hall–Kier alpha value is -6.90. The molecule has 11 rings (SSSR count). The van der Waals surface area contributed by atoms with Gasteiger partial charge in [0.2, 0.25) is 0 Å². The van der Waals surface area contributed by atoms with Crippen LogP contribution in [0.2, 0.25) is 0 Å². The van der Waals surface area contributed by atoms with Crippen LogP contribution in [-0.4, -0.2) is 0 Å². The molecule has 52 heavy (non-hydrogen) atoms. The molecule has 0 aliphatic heterocycles. The van der Waals surface area contributed by atoms with Crippen LogP contribution in [0.5, 0.6) is 0 Å². The van der Waals surface area contributed by atoms with Crippen LogP contribution in [0.25, 0.3) is 110 Å². The fourth-order valence-electron chi connectivity index (χ4n) is 8.68. The molecular formula is C50H30O2. The van der Waals surface area contributed by atoms with E-state index in [4.69, 9.17) is 8.83 Å². The number of furan rings is 2. The molecule has 0 atom stereocenters. The second-order valence-electron chi connectivity index (χ2n) is 13.6. The first-order valence-corrected chi connectivity index (χ1v) is 17.7. The van der Waals surface area contributed by atoms with Crippen molar-refractivity contribution < 1.29 is 8.83 Å². The normalized spacial score (nSPS) is 11.8. The standard InChI is InChI=1S/C50H30O2/c1-2-13-31(14-3-1)46-34-15-4-6-17-36(34)47(37-18-7-5-16-35(37)46)32-25-26-44-43(29-32)50-42(23-12-24-45(50)52-44)49-40-21-10-8-19-38(40)48(33-27-28-51-30-33)39-20-9-11-22-41(39)49/h1-30H. The van der Waals surface area contributed by atoms with Gasteiger partial charge in [0.1, 0.15) is 11.2 Å². The molecule has 0 unspecified atom stereocenters. The number of benzene rings is 9. The number of hydrogen-bond acceptors (Lipinski definition) is 2. The van der Waals surface area contributed by atoms with Crippen LogP contribution in [0.1, 0.15) is 0 Å². The van der Waals surface area contributed by atoms with Crippen LogP contribution in [0, 0.1) is 0 Å². The highest BCUT2D eigenvalue weighted by Crippen LogP contribution is 2.49. The van der Waals surface area contributed by atoms with E-state index >= 15 is 0 Å². The average molecular weight is 663 g/mol. The van der Waals surface area contributed by atoms with Gasteiger partial charge in [-0.2, -0.15) is 0 Å². The quantitative estimate of drug-likeness (QED) is 0.175. The molecule has 2 heteroatoms. The fraction of sp³-hybridized carbons (Fsp3) is 0. The van der Waals surface area contributed by atoms with E-state index in [2.05, 4.69) is 170 Å². The van der Waals surface area contributed by atoms with Crippen LogP contribution in [-0.2, 0) is 0 Å². The lowest BCUT2D eigenvalue weighted by Gasteiger charge is -2.18. The summed E-state index contributed by atoms with van der Waals surface area (Å²) in [7, 11) is 0. The van der Waals surface area contributed by atoms with Crippen molar-refractivity contribution in [1.29, 1.82) is 0 Å². The van der Waals surface area contributed by atoms with Crippen molar-refractivity contribution in [2.45, 2.75) is 0 Å². The Morgan fingerprint density at radius 1 is 0.308 bits per heavy atom. The van der Waals surface area contributed by atoms with Crippen molar-refractivity contribution in [2.75, 3.05) is 0 Å². The minimum atomic E-state index is 0.879. The maximum absolute atomic E-state index is 6.65. The third kappa shape index (κ3) is 4.19. The Bertz CT molecular complexity index is 3050. The fourth-order valence-corrected chi connectivity index (χ4v) is 8.68. The summed E-state index contributed by atoms with van der Waals surface area (Å²) < 4.78 is 12.2. The van der Waals surface area contributed by atoms with Crippen molar-refractivity contribution >= 4 is 65.0 Å². The molecule has 0 spiro atoms. The summed E-state index contributed by atoms with van der Waals surface area (Å²) in [6, 6.07) is 61.2. The van der Waals surface area contributed by atoms with Gasteiger partial charge in [-0.3, -0.25) is 0 Å². The molecule has 0 bridgehead atoms. The Balaban J connectivity index is 1.23. The smallest absolute Gasteiger partial charge is 0.136 e. The van der Waals surface area contributed by atoms with E-state index in [0.29, 0.717) is 0 Å². The Morgan fingerprint density at radius 3 is 1.35 bits per heavy atom. The largest absolute Gasteiger partial charge is 0.472 e. The zero-order valence-electron chi connectivity index (χ0n) is 28.1. The Kier molecular flexibility index (Phi) is 6.28. The van der Waals surface area contributed by atoms with E-state index in [9.17, 15) is 0 Å². The third-order valence-corrected chi connectivity index (χ3v) is 10.8. The minimum absolute atomic E-state index is 0.879. The predicted molar refractivity (Wildman–Crippen MR) is 218 cm³/mol. The second-order valence-corrected chi connectivity index (χ2v) is 13.6. The molecule has 0 amide bonds. The lowest BCUT2D eigenvalue weighted by molar-refractivity contribution is 0.568. The van der Waals surface area contributed by atoms with Gasteiger partial charge in [0.25, 0.3) is 0 Å². The maximum Gasteiger partial charge on any atom is 0.136 e. The molecule has 0 radical (unpaired) electrons. The first kappa shape index (κ1) is 28.9. The van der Waals surface area contributed by atoms with E-state index in [1.165, 1.54) is 76.5 Å². The molecule has 242 valence electrons. The maximum atomic E-state index is 6.65. The van der Waals surface area contributed by atoms with Gasteiger partial charge in [0.05, 0.1) is 12.5 Å². The van der Waals surface area contributed by atoms with Gasteiger partial charge >= 0.3 is 0 Å². The Morgan fingerprint density at radius 2 is 0.808 bits per heavy atom. The van der Waals surface area contributed by atoms with Gasteiger partial charge in [-0.25, -0.2) is 0 Å². The lowest BCUT2D eigenvalue weighted by Crippen LogP contribution is -1.91. The zero-order valence-corrected chi connectivity index (χ0v) is 28.1. The van der Waals surface area contributed by atoms with Gasteiger partial charge in [0.15, 0.2) is 0 Å².